The van der Waals surface area contributed by atoms with Crippen LogP contribution in [0.1, 0.15) is 31.9 Å². The first kappa shape index (κ1) is 12.8. The summed E-state index contributed by atoms with van der Waals surface area (Å²) in [6.07, 6.45) is 1.71. The molecule has 0 saturated carbocycles. The molecule has 1 aromatic heterocycles. The number of fused-ring (bicyclic) bond motifs is 1. The lowest BCUT2D eigenvalue weighted by Gasteiger charge is -2.20. The van der Waals surface area contributed by atoms with E-state index in [9.17, 15) is 9.90 Å². The van der Waals surface area contributed by atoms with Crippen molar-refractivity contribution in [3.05, 3.63) is 45.7 Å². The molecule has 2 rings (SSSR count). The molecule has 0 atom stereocenters. The molecule has 1 heterocycles. The van der Waals surface area contributed by atoms with Crippen LogP contribution >= 0.6 is 0 Å². The van der Waals surface area contributed by atoms with Crippen molar-refractivity contribution in [3.63, 3.8) is 0 Å². The van der Waals surface area contributed by atoms with Gasteiger partial charge >= 0.3 is 0 Å². The van der Waals surface area contributed by atoms with Crippen LogP contribution in [0.15, 0.2) is 29.2 Å². The van der Waals surface area contributed by atoms with Crippen LogP contribution in [0.5, 0.6) is 0 Å². The highest BCUT2D eigenvalue weighted by molar-refractivity contribution is 5.80. The van der Waals surface area contributed by atoms with Gasteiger partial charge in [-0.05, 0) is 23.1 Å². The van der Waals surface area contributed by atoms with Gasteiger partial charge in [0.25, 0.3) is 0 Å². The highest BCUT2D eigenvalue weighted by atomic mass is 16.3. The molecule has 1 N–H and O–H groups in total. The van der Waals surface area contributed by atoms with Crippen LogP contribution in [0.25, 0.3) is 10.9 Å². The summed E-state index contributed by atoms with van der Waals surface area (Å²) in [4.78, 5) is 12.1. The third-order valence-electron chi connectivity index (χ3n) is 3.30. The monoisotopic (exact) mass is 245 g/mol. The molecule has 0 aliphatic heterocycles. The van der Waals surface area contributed by atoms with Crippen LogP contribution in [0.3, 0.4) is 0 Å². The smallest absolute Gasteiger partial charge is 0.194 e. The third kappa shape index (κ3) is 2.06. The summed E-state index contributed by atoms with van der Waals surface area (Å²) in [6, 6.07) is 5.90. The van der Waals surface area contributed by atoms with E-state index in [2.05, 4.69) is 26.8 Å². The summed E-state index contributed by atoms with van der Waals surface area (Å²) in [6.45, 7) is 6.22. The average Bonchev–Trinajstić information content (AvgIpc) is 2.32. The molecule has 3 heteroatoms. The quantitative estimate of drug-likeness (QED) is 0.838. The number of aromatic nitrogens is 1. The fraction of sp³-hybridized carbons (Fsp3) is 0.400. The Morgan fingerprint density at radius 3 is 2.50 bits per heavy atom. The molecule has 1 aromatic carbocycles. The lowest BCUT2D eigenvalue weighted by Crippen LogP contribution is -2.16. The maximum absolute atomic E-state index is 12.1. The van der Waals surface area contributed by atoms with Crippen molar-refractivity contribution >= 4 is 10.9 Å². The SMILES string of the molecule is Cn1cc(CO)c(=O)c2ccc(C(C)(C)C)cc21. The van der Waals surface area contributed by atoms with Crippen molar-refractivity contribution in [3.8, 4) is 0 Å². The molecule has 0 fully saturated rings. The van der Waals surface area contributed by atoms with Crippen LogP contribution < -0.4 is 5.43 Å². The molecule has 0 radical (unpaired) electrons. The molecule has 0 spiro atoms. The van der Waals surface area contributed by atoms with E-state index in [1.165, 1.54) is 5.56 Å². The fourth-order valence-corrected chi connectivity index (χ4v) is 2.13. The summed E-state index contributed by atoms with van der Waals surface area (Å²) in [7, 11) is 1.90. The number of nitrogens with zero attached hydrogens (tertiary/aromatic N) is 1. The largest absolute Gasteiger partial charge is 0.391 e. The standard InChI is InChI=1S/C15H19NO2/c1-15(2,3)11-5-6-12-13(7-11)16(4)8-10(9-17)14(12)18/h5-8,17H,9H2,1-4H3. The highest BCUT2D eigenvalue weighted by Gasteiger charge is 2.15. The van der Waals surface area contributed by atoms with E-state index >= 15 is 0 Å². The predicted molar refractivity (Wildman–Crippen MR) is 73.8 cm³/mol. The molecule has 3 nitrogen and oxygen atoms in total. The van der Waals surface area contributed by atoms with Gasteiger partial charge in [0.15, 0.2) is 5.43 Å². The molecule has 0 aliphatic carbocycles. The summed E-state index contributed by atoms with van der Waals surface area (Å²) in [5.41, 5.74) is 2.52. The topological polar surface area (TPSA) is 42.2 Å². The second-order valence-corrected chi connectivity index (χ2v) is 5.73. The second-order valence-electron chi connectivity index (χ2n) is 5.73. The molecule has 0 amide bonds. The van der Waals surface area contributed by atoms with Gasteiger partial charge in [0.05, 0.1) is 12.1 Å². The maximum atomic E-state index is 12.1. The Labute approximate surface area is 107 Å². The van der Waals surface area contributed by atoms with Crippen molar-refractivity contribution in [1.29, 1.82) is 0 Å². The Morgan fingerprint density at radius 2 is 1.94 bits per heavy atom. The first-order valence-electron chi connectivity index (χ1n) is 6.08. The van der Waals surface area contributed by atoms with E-state index in [1.54, 1.807) is 6.20 Å². The molecule has 18 heavy (non-hydrogen) atoms. The lowest BCUT2D eigenvalue weighted by atomic mass is 9.86. The summed E-state index contributed by atoms with van der Waals surface area (Å²) < 4.78 is 1.90. The maximum Gasteiger partial charge on any atom is 0.194 e. The summed E-state index contributed by atoms with van der Waals surface area (Å²) >= 11 is 0. The van der Waals surface area contributed by atoms with Crippen LogP contribution in [0.2, 0.25) is 0 Å². The van der Waals surface area contributed by atoms with Gasteiger partial charge in [0, 0.05) is 24.2 Å². The highest BCUT2D eigenvalue weighted by Crippen LogP contribution is 2.25. The number of aliphatic hydroxyl groups is 1. The van der Waals surface area contributed by atoms with Gasteiger partial charge in [-0.1, -0.05) is 26.8 Å². The number of benzene rings is 1. The number of hydrogen-bond acceptors (Lipinski definition) is 2. The molecule has 0 aliphatic rings. The van der Waals surface area contributed by atoms with Crippen LogP contribution in [-0.4, -0.2) is 9.67 Å². The van der Waals surface area contributed by atoms with Crippen LogP contribution in [-0.2, 0) is 19.1 Å². The van der Waals surface area contributed by atoms with Crippen molar-refractivity contribution in [2.75, 3.05) is 0 Å². The third-order valence-corrected chi connectivity index (χ3v) is 3.30. The zero-order valence-electron chi connectivity index (χ0n) is 11.3. The minimum Gasteiger partial charge on any atom is -0.391 e. The Bertz CT molecular complexity index is 648. The minimum absolute atomic E-state index is 0.0554. The number of hydrogen-bond donors (Lipinski definition) is 1. The van der Waals surface area contributed by atoms with Gasteiger partial charge in [-0.3, -0.25) is 4.79 Å². The predicted octanol–water partition coefficient (Wildman–Crippen LogP) is 2.33. The number of pyridine rings is 1. The Kier molecular flexibility index (Phi) is 3.03. The first-order valence-corrected chi connectivity index (χ1v) is 6.08. The van der Waals surface area contributed by atoms with Gasteiger partial charge in [-0.15, -0.1) is 0 Å². The first-order chi connectivity index (χ1) is 8.34. The van der Waals surface area contributed by atoms with E-state index in [1.807, 2.05) is 23.7 Å². The fourth-order valence-electron chi connectivity index (χ4n) is 2.13. The number of rotatable bonds is 1. The lowest BCUT2D eigenvalue weighted by molar-refractivity contribution is 0.280. The van der Waals surface area contributed by atoms with E-state index in [-0.39, 0.29) is 17.5 Å². The van der Waals surface area contributed by atoms with E-state index < -0.39 is 0 Å². The zero-order chi connectivity index (χ0) is 13.5. The van der Waals surface area contributed by atoms with Crippen LogP contribution in [0, 0.1) is 0 Å². The summed E-state index contributed by atoms with van der Waals surface area (Å²) in [5.74, 6) is 0. The molecule has 2 aromatic rings. The summed E-state index contributed by atoms with van der Waals surface area (Å²) in [5, 5.41) is 9.84. The molecule has 0 unspecified atom stereocenters. The van der Waals surface area contributed by atoms with Gasteiger partial charge < -0.3 is 9.67 Å². The van der Waals surface area contributed by atoms with E-state index in [4.69, 9.17) is 0 Å². The van der Waals surface area contributed by atoms with E-state index in [0.717, 1.165) is 5.52 Å². The Morgan fingerprint density at radius 1 is 1.28 bits per heavy atom. The Balaban J connectivity index is 2.81. The van der Waals surface area contributed by atoms with Crippen molar-refractivity contribution in [1.82, 2.24) is 4.57 Å². The van der Waals surface area contributed by atoms with Gasteiger partial charge in [-0.2, -0.15) is 0 Å². The molecule has 0 saturated heterocycles. The van der Waals surface area contributed by atoms with Crippen LogP contribution in [0.4, 0.5) is 0 Å². The normalized spacial score (nSPS) is 12.1. The minimum atomic E-state index is -0.219. The average molecular weight is 245 g/mol. The molecule has 0 bridgehead atoms. The zero-order valence-corrected chi connectivity index (χ0v) is 11.3. The molecule has 96 valence electrons. The van der Waals surface area contributed by atoms with Crippen molar-refractivity contribution in [2.24, 2.45) is 7.05 Å². The van der Waals surface area contributed by atoms with E-state index in [0.29, 0.717) is 10.9 Å². The molecular weight excluding hydrogens is 226 g/mol. The van der Waals surface area contributed by atoms with Crippen molar-refractivity contribution in [2.45, 2.75) is 32.8 Å². The van der Waals surface area contributed by atoms with Gasteiger partial charge in [0.2, 0.25) is 0 Å². The van der Waals surface area contributed by atoms with Gasteiger partial charge in [-0.25, -0.2) is 0 Å². The number of aryl methyl sites for hydroxylation is 1. The number of aliphatic hydroxyl groups excluding tert-OH is 1. The molecular formula is C15H19NO2. The van der Waals surface area contributed by atoms with Gasteiger partial charge in [0.1, 0.15) is 0 Å². The second kappa shape index (κ2) is 4.25. The Hall–Kier alpha value is -1.61. The van der Waals surface area contributed by atoms with Crippen molar-refractivity contribution < 1.29 is 5.11 Å².